The van der Waals surface area contributed by atoms with Gasteiger partial charge in [-0.3, -0.25) is 0 Å². The Bertz CT molecular complexity index is 290. The second-order valence-electron chi connectivity index (χ2n) is 6.08. The van der Waals surface area contributed by atoms with Gasteiger partial charge >= 0.3 is 0 Å². The molecule has 18 heavy (non-hydrogen) atoms. The summed E-state index contributed by atoms with van der Waals surface area (Å²) < 4.78 is 0. The van der Waals surface area contributed by atoms with Crippen LogP contribution in [0, 0.1) is 35.5 Å². The molecule has 4 unspecified atom stereocenters. The number of hydrogen-bond acceptors (Lipinski definition) is 4. The summed E-state index contributed by atoms with van der Waals surface area (Å²) in [4.78, 5) is 22.7. The lowest BCUT2D eigenvalue weighted by Gasteiger charge is -2.47. The van der Waals surface area contributed by atoms with E-state index in [1.807, 2.05) is 27.7 Å². The third-order valence-electron chi connectivity index (χ3n) is 4.40. The molecule has 0 bridgehead atoms. The molecule has 0 radical (unpaired) electrons. The first kappa shape index (κ1) is 15.0. The zero-order valence-corrected chi connectivity index (χ0v) is 11.5. The Hall–Kier alpha value is -1.06. The molecule has 0 spiro atoms. The highest BCUT2D eigenvalue weighted by molar-refractivity contribution is 5.78. The number of rotatable bonds is 4. The summed E-state index contributed by atoms with van der Waals surface area (Å²) in [6.07, 6.45) is 1.51. The van der Waals surface area contributed by atoms with Crippen molar-refractivity contribution in [2.75, 3.05) is 0 Å². The highest BCUT2D eigenvalue weighted by Gasteiger charge is 2.42. The van der Waals surface area contributed by atoms with Crippen LogP contribution in [-0.4, -0.2) is 11.9 Å². The predicted molar refractivity (Wildman–Crippen MR) is 62.9 cm³/mol. The molecule has 1 rings (SSSR count). The van der Waals surface area contributed by atoms with E-state index in [2.05, 4.69) is 0 Å². The molecule has 0 heterocycles. The lowest BCUT2D eigenvalue weighted by molar-refractivity contribution is -0.333. The number of hydrogen-bond donors (Lipinski definition) is 0. The second kappa shape index (κ2) is 5.72. The molecular weight excluding hydrogens is 232 g/mol. The van der Waals surface area contributed by atoms with Crippen LogP contribution in [0.25, 0.3) is 0 Å². The molecule has 1 aliphatic carbocycles. The maximum absolute atomic E-state index is 11.4. The van der Waals surface area contributed by atoms with Crippen molar-refractivity contribution < 1.29 is 19.8 Å². The molecule has 0 aromatic carbocycles. The number of carbonyl (C=O) groups is 2. The maximum Gasteiger partial charge on any atom is 0.0454 e. The number of aliphatic carboxylic acids is 2. The van der Waals surface area contributed by atoms with Gasteiger partial charge in [0.25, 0.3) is 0 Å². The van der Waals surface area contributed by atoms with E-state index in [1.54, 1.807) is 0 Å². The van der Waals surface area contributed by atoms with Gasteiger partial charge in [-0.25, -0.2) is 0 Å². The zero-order valence-electron chi connectivity index (χ0n) is 11.5. The molecule has 104 valence electrons. The van der Waals surface area contributed by atoms with Gasteiger partial charge in [0.15, 0.2) is 0 Å². The van der Waals surface area contributed by atoms with Crippen LogP contribution in [0.2, 0.25) is 0 Å². The van der Waals surface area contributed by atoms with Crippen LogP contribution in [-0.2, 0) is 9.59 Å². The lowest BCUT2D eigenvalue weighted by Crippen LogP contribution is -2.54. The van der Waals surface area contributed by atoms with Gasteiger partial charge in [0, 0.05) is 23.8 Å². The zero-order chi connectivity index (χ0) is 14.0. The predicted octanol–water partition coefficient (Wildman–Crippen LogP) is 0.0568. The summed E-state index contributed by atoms with van der Waals surface area (Å²) in [5, 5.41) is 22.7. The monoisotopic (exact) mass is 254 g/mol. The summed E-state index contributed by atoms with van der Waals surface area (Å²) in [6, 6.07) is 0. The Balaban J connectivity index is 3.10. The van der Waals surface area contributed by atoms with Crippen molar-refractivity contribution in [2.24, 2.45) is 35.5 Å². The molecule has 0 N–H and O–H groups in total. The highest BCUT2D eigenvalue weighted by atomic mass is 16.4. The van der Waals surface area contributed by atoms with Crippen LogP contribution in [0.1, 0.15) is 40.5 Å². The van der Waals surface area contributed by atoms with E-state index in [4.69, 9.17) is 0 Å². The molecule has 1 fully saturated rings. The van der Waals surface area contributed by atoms with Crippen molar-refractivity contribution >= 4 is 11.9 Å². The quantitative estimate of drug-likeness (QED) is 0.710. The van der Waals surface area contributed by atoms with E-state index in [0.29, 0.717) is 0 Å². The van der Waals surface area contributed by atoms with Crippen LogP contribution in [0.5, 0.6) is 0 Å². The van der Waals surface area contributed by atoms with E-state index < -0.39 is 23.8 Å². The smallest absolute Gasteiger partial charge is 0.0454 e. The third kappa shape index (κ3) is 2.85. The van der Waals surface area contributed by atoms with E-state index in [0.717, 1.165) is 12.8 Å². The second-order valence-corrected chi connectivity index (χ2v) is 6.08. The van der Waals surface area contributed by atoms with Crippen LogP contribution < -0.4 is 10.2 Å². The minimum absolute atomic E-state index is 0.132. The Morgan fingerprint density at radius 3 is 1.28 bits per heavy atom. The molecule has 4 heteroatoms. The Morgan fingerprint density at radius 2 is 1.11 bits per heavy atom. The minimum atomic E-state index is -1.24. The summed E-state index contributed by atoms with van der Waals surface area (Å²) in [5.74, 6) is -4.31. The van der Waals surface area contributed by atoms with Crippen LogP contribution in [0.15, 0.2) is 0 Å². The number of carboxylic acid groups (broad SMARTS) is 2. The fourth-order valence-electron chi connectivity index (χ4n) is 3.42. The number of carbonyl (C=O) groups excluding carboxylic acids is 2. The van der Waals surface area contributed by atoms with Gasteiger partial charge in [0.2, 0.25) is 0 Å². The van der Waals surface area contributed by atoms with Crippen molar-refractivity contribution in [1.82, 2.24) is 0 Å². The highest BCUT2D eigenvalue weighted by Crippen LogP contribution is 2.44. The third-order valence-corrected chi connectivity index (χ3v) is 4.40. The first-order valence-corrected chi connectivity index (χ1v) is 6.69. The normalized spacial score (nSPS) is 32.8. The van der Waals surface area contributed by atoms with Gasteiger partial charge in [0.1, 0.15) is 0 Å². The summed E-state index contributed by atoms with van der Waals surface area (Å²) in [6.45, 7) is 7.73. The van der Waals surface area contributed by atoms with Crippen molar-refractivity contribution in [1.29, 1.82) is 0 Å². The van der Waals surface area contributed by atoms with Gasteiger partial charge in [-0.1, -0.05) is 27.7 Å². The molecule has 0 saturated heterocycles. The molecule has 0 amide bonds. The first-order valence-electron chi connectivity index (χ1n) is 6.69. The summed E-state index contributed by atoms with van der Waals surface area (Å²) in [7, 11) is 0. The summed E-state index contributed by atoms with van der Waals surface area (Å²) in [5.41, 5.74) is 0. The van der Waals surface area contributed by atoms with Gasteiger partial charge in [-0.2, -0.15) is 0 Å². The molecule has 0 aromatic heterocycles. The molecule has 4 nitrogen and oxygen atoms in total. The Labute approximate surface area is 108 Å². The summed E-state index contributed by atoms with van der Waals surface area (Å²) >= 11 is 0. The number of carboxylic acids is 2. The van der Waals surface area contributed by atoms with Gasteiger partial charge in [0.05, 0.1) is 0 Å². The average molecular weight is 254 g/mol. The molecule has 1 saturated carbocycles. The molecule has 0 aliphatic heterocycles. The van der Waals surface area contributed by atoms with Gasteiger partial charge in [-0.15, -0.1) is 0 Å². The van der Waals surface area contributed by atoms with Crippen molar-refractivity contribution in [3.05, 3.63) is 0 Å². The average Bonchev–Trinajstić information content (AvgIpc) is 2.26. The first-order chi connectivity index (χ1) is 8.27. The Kier molecular flexibility index (Phi) is 4.77. The fourth-order valence-corrected chi connectivity index (χ4v) is 3.42. The van der Waals surface area contributed by atoms with E-state index in [1.165, 1.54) is 0 Å². The Morgan fingerprint density at radius 1 is 0.833 bits per heavy atom. The van der Waals surface area contributed by atoms with Gasteiger partial charge < -0.3 is 19.8 Å². The topological polar surface area (TPSA) is 80.3 Å². The largest absolute Gasteiger partial charge is 0.550 e. The molecule has 1 aliphatic rings. The van der Waals surface area contributed by atoms with Crippen molar-refractivity contribution in [2.45, 2.75) is 40.5 Å². The van der Waals surface area contributed by atoms with Crippen LogP contribution >= 0.6 is 0 Å². The molecular formula is C14H22O4-2. The van der Waals surface area contributed by atoms with Crippen molar-refractivity contribution in [3.63, 3.8) is 0 Å². The van der Waals surface area contributed by atoms with Crippen LogP contribution in [0.4, 0.5) is 0 Å². The molecule has 0 aromatic rings. The van der Waals surface area contributed by atoms with E-state index in [9.17, 15) is 19.8 Å². The SMILES string of the molecule is CC(C)C1CCC(C(C)C)C(C(=O)[O-])C1C(=O)[O-]. The molecule has 4 atom stereocenters. The standard InChI is InChI=1S/C14H24O4/c1-7(2)9-5-6-10(8(3)4)12(14(17)18)11(9)13(15)16/h7-12H,5-6H2,1-4H3,(H,15,16)(H,17,18)/p-2. The van der Waals surface area contributed by atoms with E-state index in [-0.39, 0.29) is 23.7 Å². The van der Waals surface area contributed by atoms with E-state index >= 15 is 0 Å². The van der Waals surface area contributed by atoms with Gasteiger partial charge in [-0.05, 0) is 36.5 Å². The van der Waals surface area contributed by atoms with Crippen molar-refractivity contribution in [3.8, 4) is 0 Å². The maximum atomic E-state index is 11.4. The van der Waals surface area contributed by atoms with Crippen LogP contribution in [0.3, 0.4) is 0 Å². The minimum Gasteiger partial charge on any atom is -0.550 e. The fraction of sp³-hybridized carbons (Fsp3) is 0.857. The lowest BCUT2D eigenvalue weighted by atomic mass is 9.61.